The summed E-state index contributed by atoms with van der Waals surface area (Å²) in [5.74, 6) is 0. The van der Waals surface area contributed by atoms with Crippen molar-refractivity contribution in [1.29, 1.82) is 0 Å². The summed E-state index contributed by atoms with van der Waals surface area (Å²) >= 11 is 0. The molecular formula is C15H27N3O. The van der Waals surface area contributed by atoms with E-state index in [4.69, 9.17) is 4.74 Å². The maximum Gasteiger partial charge on any atom is 0.0948 e. The molecule has 0 amide bonds. The maximum absolute atomic E-state index is 5.61. The molecule has 0 spiro atoms. The Labute approximate surface area is 116 Å². The molecule has 0 radical (unpaired) electrons. The van der Waals surface area contributed by atoms with Gasteiger partial charge in [0.25, 0.3) is 0 Å². The second-order valence-electron chi connectivity index (χ2n) is 5.33. The van der Waals surface area contributed by atoms with E-state index in [0.717, 1.165) is 32.7 Å². The number of aromatic nitrogens is 2. The summed E-state index contributed by atoms with van der Waals surface area (Å²) in [5.41, 5.74) is 1.34. The molecule has 1 aromatic rings. The van der Waals surface area contributed by atoms with E-state index in [1.165, 1.54) is 37.8 Å². The van der Waals surface area contributed by atoms with Crippen LogP contribution in [0, 0.1) is 0 Å². The van der Waals surface area contributed by atoms with Crippen molar-refractivity contribution in [3.05, 3.63) is 18.2 Å². The molecule has 0 aliphatic carbocycles. The van der Waals surface area contributed by atoms with Crippen molar-refractivity contribution < 1.29 is 4.74 Å². The molecule has 0 saturated carbocycles. The molecule has 0 bridgehead atoms. The number of imidazole rings is 1. The van der Waals surface area contributed by atoms with Crippen molar-refractivity contribution in [2.45, 2.75) is 58.0 Å². The Hall–Kier alpha value is -0.870. The molecule has 1 aliphatic heterocycles. The molecule has 108 valence electrons. The van der Waals surface area contributed by atoms with Crippen molar-refractivity contribution >= 4 is 0 Å². The minimum absolute atomic E-state index is 0.497. The molecule has 19 heavy (non-hydrogen) atoms. The maximum atomic E-state index is 5.61. The molecule has 1 unspecified atom stereocenters. The first-order valence-electron chi connectivity index (χ1n) is 7.73. The second kappa shape index (κ2) is 8.33. The average Bonchev–Trinajstić information content (AvgIpc) is 2.92. The number of ether oxygens (including phenoxy) is 1. The van der Waals surface area contributed by atoms with Crippen molar-refractivity contribution in [3.8, 4) is 0 Å². The predicted molar refractivity (Wildman–Crippen MR) is 77.2 cm³/mol. The fourth-order valence-electron chi connectivity index (χ4n) is 2.60. The molecule has 1 aliphatic rings. The van der Waals surface area contributed by atoms with Crippen LogP contribution in [0.2, 0.25) is 0 Å². The van der Waals surface area contributed by atoms with E-state index >= 15 is 0 Å². The number of nitrogens with zero attached hydrogens (tertiary/aromatic N) is 2. The first-order valence-corrected chi connectivity index (χ1v) is 7.73. The van der Waals surface area contributed by atoms with Gasteiger partial charge in [0.15, 0.2) is 0 Å². The molecule has 1 aromatic heterocycles. The first-order chi connectivity index (χ1) is 9.42. The summed E-state index contributed by atoms with van der Waals surface area (Å²) in [7, 11) is 0. The van der Waals surface area contributed by atoms with Crippen LogP contribution in [0.4, 0.5) is 0 Å². The van der Waals surface area contributed by atoms with Gasteiger partial charge in [-0.3, -0.25) is 0 Å². The van der Waals surface area contributed by atoms with Gasteiger partial charge in [0.05, 0.1) is 12.0 Å². The van der Waals surface area contributed by atoms with E-state index in [1.54, 1.807) is 0 Å². The van der Waals surface area contributed by atoms with E-state index in [9.17, 15) is 0 Å². The Morgan fingerprint density at radius 1 is 1.37 bits per heavy atom. The monoisotopic (exact) mass is 265 g/mol. The smallest absolute Gasteiger partial charge is 0.0948 e. The van der Waals surface area contributed by atoms with Gasteiger partial charge in [-0.1, -0.05) is 19.8 Å². The number of aryl methyl sites for hydroxylation is 1. The summed E-state index contributed by atoms with van der Waals surface area (Å²) in [6.45, 7) is 6.10. The normalized spacial score (nSPS) is 19.7. The fourth-order valence-corrected chi connectivity index (χ4v) is 2.60. The summed E-state index contributed by atoms with van der Waals surface area (Å²) in [4.78, 5) is 4.31. The number of nitrogens with one attached hydrogen (secondary N) is 1. The van der Waals surface area contributed by atoms with Crippen LogP contribution in [0.25, 0.3) is 0 Å². The van der Waals surface area contributed by atoms with E-state index in [-0.39, 0.29) is 0 Å². The second-order valence-corrected chi connectivity index (χ2v) is 5.33. The zero-order valence-electron chi connectivity index (χ0n) is 12.1. The van der Waals surface area contributed by atoms with Gasteiger partial charge in [0.1, 0.15) is 0 Å². The minimum atomic E-state index is 0.497. The Morgan fingerprint density at radius 3 is 3.05 bits per heavy atom. The van der Waals surface area contributed by atoms with Crippen molar-refractivity contribution in [3.63, 3.8) is 0 Å². The SMILES string of the molecule is CCCCOCCCn1cncc1C1CCCCN1. The fraction of sp³-hybridized carbons (Fsp3) is 0.800. The van der Waals surface area contributed by atoms with Gasteiger partial charge in [-0.2, -0.15) is 0 Å². The molecule has 0 aromatic carbocycles. The van der Waals surface area contributed by atoms with Crippen molar-refractivity contribution in [2.75, 3.05) is 19.8 Å². The topological polar surface area (TPSA) is 39.1 Å². The van der Waals surface area contributed by atoms with Gasteiger partial charge in [-0.15, -0.1) is 0 Å². The number of hydrogen-bond donors (Lipinski definition) is 1. The minimum Gasteiger partial charge on any atom is -0.381 e. The van der Waals surface area contributed by atoms with Crippen LogP contribution in [0.1, 0.15) is 57.2 Å². The Balaban J connectivity index is 1.73. The highest BCUT2D eigenvalue weighted by atomic mass is 16.5. The van der Waals surface area contributed by atoms with Gasteiger partial charge in [0.2, 0.25) is 0 Å². The standard InChI is InChI=1S/C15H27N3O/c1-2-3-10-19-11-6-9-18-13-16-12-15(18)14-7-4-5-8-17-14/h12-14,17H,2-11H2,1H3. The lowest BCUT2D eigenvalue weighted by atomic mass is 10.0. The number of unbranched alkanes of at least 4 members (excludes halogenated alkanes) is 1. The zero-order valence-corrected chi connectivity index (χ0v) is 12.1. The molecule has 1 N–H and O–H groups in total. The van der Waals surface area contributed by atoms with Crippen LogP contribution in [0.3, 0.4) is 0 Å². The number of rotatable bonds is 8. The molecule has 2 rings (SSSR count). The molecule has 1 fully saturated rings. The van der Waals surface area contributed by atoms with Crippen LogP contribution in [-0.2, 0) is 11.3 Å². The van der Waals surface area contributed by atoms with Gasteiger partial charge in [-0.25, -0.2) is 4.98 Å². The van der Waals surface area contributed by atoms with E-state index in [2.05, 4.69) is 21.8 Å². The average molecular weight is 265 g/mol. The van der Waals surface area contributed by atoms with Crippen molar-refractivity contribution in [2.24, 2.45) is 0 Å². The van der Waals surface area contributed by atoms with Crippen LogP contribution >= 0.6 is 0 Å². The zero-order chi connectivity index (χ0) is 13.3. The van der Waals surface area contributed by atoms with Gasteiger partial charge < -0.3 is 14.6 Å². The third-order valence-corrected chi connectivity index (χ3v) is 3.74. The van der Waals surface area contributed by atoms with Crippen LogP contribution in [-0.4, -0.2) is 29.3 Å². The van der Waals surface area contributed by atoms with E-state index < -0.39 is 0 Å². The van der Waals surface area contributed by atoms with E-state index in [0.29, 0.717) is 6.04 Å². The lowest BCUT2D eigenvalue weighted by Crippen LogP contribution is -2.28. The van der Waals surface area contributed by atoms with Crippen LogP contribution < -0.4 is 5.32 Å². The van der Waals surface area contributed by atoms with Gasteiger partial charge in [0, 0.05) is 32.0 Å². The summed E-state index contributed by atoms with van der Waals surface area (Å²) in [6.07, 6.45) is 11.3. The number of hydrogen-bond acceptors (Lipinski definition) is 3. The third kappa shape index (κ3) is 4.62. The largest absolute Gasteiger partial charge is 0.381 e. The summed E-state index contributed by atoms with van der Waals surface area (Å²) in [5, 5.41) is 3.59. The van der Waals surface area contributed by atoms with E-state index in [1.807, 2.05) is 12.5 Å². The highest BCUT2D eigenvalue weighted by Gasteiger charge is 2.17. The molecular weight excluding hydrogens is 238 g/mol. The molecule has 1 saturated heterocycles. The van der Waals surface area contributed by atoms with Gasteiger partial charge >= 0.3 is 0 Å². The first kappa shape index (κ1) is 14.5. The lowest BCUT2D eigenvalue weighted by Gasteiger charge is -2.24. The van der Waals surface area contributed by atoms with Crippen LogP contribution in [0.15, 0.2) is 12.5 Å². The Bertz CT molecular complexity index is 345. The molecule has 4 nitrogen and oxygen atoms in total. The number of piperidine rings is 1. The quantitative estimate of drug-likeness (QED) is 0.735. The third-order valence-electron chi connectivity index (χ3n) is 3.74. The summed E-state index contributed by atoms with van der Waals surface area (Å²) < 4.78 is 7.89. The van der Waals surface area contributed by atoms with Crippen molar-refractivity contribution in [1.82, 2.24) is 14.9 Å². The molecule has 2 heterocycles. The Kier molecular flexibility index (Phi) is 6.37. The highest BCUT2D eigenvalue weighted by molar-refractivity contribution is 5.06. The Morgan fingerprint density at radius 2 is 2.26 bits per heavy atom. The van der Waals surface area contributed by atoms with Crippen LogP contribution in [0.5, 0.6) is 0 Å². The molecule has 4 heteroatoms. The summed E-state index contributed by atoms with van der Waals surface area (Å²) in [6, 6.07) is 0.497. The molecule has 1 atom stereocenters. The highest BCUT2D eigenvalue weighted by Crippen LogP contribution is 2.22. The van der Waals surface area contributed by atoms with Gasteiger partial charge in [-0.05, 0) is 32.2 Å². The lowest BCUT2D eigenvalue weighted by molar-refractivity contribution is 0.125. The predicted octanol–water partition coefficient (Wildman–Crippen LogP) is 2.90.